The van der Waals surface area contributed by atoms with Crippen molar-refractivity contribution in [1.82, 2.24) is 15.1 Å². The number of aryl methyl sites for hydroxylation is 1. The highest BCUT2D eigenvalue weighted by Gasteiger charge is 2.41. The van der Waals surface area contributed by atoms with Gasteiger partial charge in [0.05, 0.1) is 22.9 Å². The van der Waals surface area contributed by atoms with Crippen LogP contribution in [-0.4, -0.2) is 34.0 Å². The number of halogens is 4. The number of alkyl halides is 3. The lowest BCUT2D eigenvalue weighted by molar-refractivity contribution is -0.141. The highest BCUT2D eigenvalue weighted by atomic mass is 35.5. The van der Waals surface area contributed by atoms with Crippen LogP contribution in [-0.2, 0) is 17.5 Å². The summed E-state index contributed by atoms with van der Waals surface area (Å²) in [4.78, 5) is 13.4. The van der Waals surface area contributed by atoms with E-state index in [0.29, 0.717) is 34.3 Å². The molecule has 1 aliphatic rings. The molecule has 0 unspecified atom stereocenters. The third-order valence-corrected chi connectivity index (χ3v) is 7.23. The SMILES string of the molecule is CCOC(=O)c1cc(-c2ccccc2)sc1NC(=S)NCCCn1nc(C(F)(F)F)c(Cl)c1C1CC1. The number of carbonyl (C=O) groups is 1. The van der Waals surface area contributed by atoms with Gasteiger partial charge >= 0.3 is 12.1 Å². The normalized spacial score (nSPS) is 13.5. The van der Waals surface area contributed by atoms with Crippen molar-refractivity contribution < 1.29 is 22.7 Å². The fourth-order valence-electron chi connectivity index (χ4n) is 3.72. The number of hydrogen-bond donors (Lipinski definition) is 2. The van der Waals surface area contributed by atoms with Crippen LogP contribution in [0.4, 0.5) is 18.2 Å². The predicted molar refractivity (Wildman–Crippen MR) is 139 cm³/mol. The van der Waals surface area contributed by atoms with Gasteiger partial charge in [-0.15, -0.1) is 11.3 Å². The zero-order valence-corrected chi connectivity index (χ0v) is 21.7. The summed E-state index contributed by atoms with van der Waals surface area (Å²) < 4.78 is 46.3. The van der Waals surface area contributed by atoms with Crippen LogP contribution in [0, 0.1) is 0 Å². The Morgan fingerprint density at radius 3 is 2.67 bits per heavy atom. The zero-order valence-electron chi connectivity index (χ0n) is 19.3. The molecule has 36 heavy (non-hydrogen) atoms. The minimum Gasteiger partial charge on any atom is -0.462 e. The Morgan fingerprint density at radius 2 is 2.03 bits per heavy atom. The van der Waals surface area contributed by atoms with Gasteiger partial charge in [-0.3, -0.25) is 4.68 Å². The van der Waals surface area contributed by atoms with E-state index in [4.69, 9.17) is 28.6 Å². The first-order valence-corrected chi connectivity index (χ1v) is 13.0. The van der Waals surface area contributed by atoms with Gasteiger partial charge in [0, 0.05) is 23.9 Å². The Morgan fingerprint density at radius 1 is 1.31 bits per heavy atom. The number of rotatable bonds is 9. The third-order valence-electron chi connectivity index (χ3n) is 5.51. The maximum Gasteiger partial charge on any atom is 0.436 e. The van der Waals surface area contributed by atoms with E-state index < -0.39 is 17.8 Å². The van der Waals surface area contributed by atoms with E-state index in [1.165, 1.54) is 16.0 Å². The maximum absolute atomic E-state index is 13.2. The van der Waals surface area contributed by atoms with Crippen molar-refractivity contribution in [2.75, 3.05) is 18.5 Å². The molecule has 1 fully saturated rings. The number of benzene rings is 1. The summed E-state index contributed by atoms with van der Waals surface area (Å²) >= 11 is 12.8. The highest BCUT2D eigenvalue weighted by Crippen LogP contribution is 2.47. The van der Waals surface area contributed by atoms with Gasteiger partial charge in [-0.25, -0.2) is 4.79 Å². The van der Waals surface area contributed by atoms with Crippen LogP contribution in [0.1, 0.15) is 53.8 Å². The van der Waals surface area contributed by atoms with E-state index in [2.05, 4.69) is 15.7 Å². The van der Waals surface area contributed by atoms with Gasteiger partial charge in [-0.1, -0.05) is 41.9 Å². The van der Waals surface area contributed by atoms with Crippen molar-refractivity contribution in [3.63, 3.8) is 0 Å². The summed E-state index contributed by atoms with van der Waals surface area (Å²) in [7, 11) is 0. The molecule has 2 heterocycles. The Labute approximate surface area is 220 Å². The summed E-state index contributed by atoms with van der Waals surface area (Å²) in [6.45, 7) is 2.64. The molecule has 0 bridgehead atoms. The molecule has 0 aliphatic heterocycles. The van der Waals surface area contributed by atoms with Crippen molar-refractivity contribution >= 4 is 51.2 Å². The highest BCUT2D eigenvalue weighted by molar-refractivity contribution is 7.80. The van der Waals surface area contributed by atoms with Gasteiger partial charge in [-0.05, 0) is 50.0 Å². The molecule has 0 atom stereocenters. The lowest BCUT2D eigenvalue weighted by atomic mass is 10.1. The second-order valence-electron chi connectivity index (χ2n) is 8.22. The number of anilines is 1. The Hall–Kier alpha value is -2.63. The fourth-order valence-corrected chi connectivity index (χ4v) is 5.44. The molecule has 0 radical (unpaired) electrons. The largest absolute Gasteiger partial charge is 0.462 e. The van der Waals surface area contributed by atoms with Crippen LogP contribution < -0.4 is 10.6 Å². The van der Waals surface area contributed by atoms with Crippen molar-refractivity contribution in [3.8, 4) is 10.4 Å². The summed E-state index contributed by atoms with van der Waals surface area (Å²) in [6, 6.07) is 11.4. The molecule has 1 aliphatic carbocycles. The average molecular weight is 557 g/mol. The molecule has 6 nitrogen and oxygen atoms in total. The molecule has 0 saturated heterocycles. The summed E-state index contributed by atoms with van der Waals surface area (Å²) in [6.07, 6.45) is -2.50. The quantitative estimate of drug-likeness (QED) is 0.173. The van der Waals surface area contributed by atoms with Crippen molar-refractivity contribution in [1.29, 1.82) is 0 Å². The van der Waals surface area contributed by atoms with Gasteiger partial charge < -0.3 is 15.4 Å². The van der Waals surface area contributed by atoms with E-state index in [9.17, 15) is 18.0 Å². The van der Waals surface area contributed by atoms with Crippen LogP contribution >= 0.6 is 35.2 Å². The molecule has 0 spiro atoms. The standard InChI is InChI=1S/C24H24ClF3N4O2S2/c1-2-34-22(33)16-13-17(14-7-4-3-5-8-14)36-21(16)30-23(35)29-11-6-12-32-19(15-9-10-15)18(25)20(31-32)24(26,27)28/h3-5,7-8,13,15H,2,6,9-12H2,1H3,(H2,29,30,35). The van der Waals surface area contributed by atoms with Gasteiger partial charge in [0.1, 0.15) is 5.00 Å². The van der Waals surface area contributed by atoms with Crippen LogP contribution in [0.15, 0.2) is 36.4 Å². The average Bonchev–Trinajstić information content (AvgIpc) is 3.48. The molecule has 0 amide bonds. The molecule has 2 N–H and O–H groups in total. The van der Waals surface area contributed by atoms with Gasteiger partial charge in [0.2, 0.25) is 0 Å². The zero-order chi connectivity index (χ0) is 25.9. The van der Waals surface area contributed by atoms with Gasteiger partial charge in [0.25, 0.3) is 0 Å². The monoisotopic (exact) mass is 556 g/mol. The molecule has 3 aromatic rings. The van der Waals surface area contributed by atoms with E-state index in [-0.39, 0.29) is 24.1 Å². The van der Waals surface area contributed by atoms with Crippen molar-refractivity contribution in [3.05, 3.63) is 58.4 Å². The van der Waals surface area contributed by atoms with E-state index in [1.807, 2.05) is 30.3 Å². The number of carbonyl (C=O) groups excluding carboxylic acids is 1. The van der Waals surface area contributed by atoms with Crippen LogP contribution in [0.3, 0.4) is 0 Å². The topological polar surface area (TPSA) is 68.2 Å². The number of ether oxygens (including phenoxy) is 1. The molecule has 192 valence electrons. The van der Waals surface area contributed by atoms with Crippen LogP contribution in [0.25, 0.3) is 10.4 Å². The number of thiocarbonyl (C=S) groups is 1. The number of thiophene rings is 1. The maximum atomic E-state index is 13.2. The molecule has 12 heteroatoms. The predicted octanol–water partition coefficient (Wildman–Crippen LogP) is 6.71. The minimum atomic E-state index is -4.59. The van der Waals surface area contributed by atoms with E-state index in [0.717, 1.165) is 23.3 Å². The molecular weight excluding hydrogens is 533 g/mol. The first-order chi connectivity index (χ1) is 17.2. The first-order valence-electron chi connectivity index (χ1n) is 11.4. The van der Waals surface area contributed by atoms with E-state index >= 15 is 0 Å². The lowest BCUT2D eigenvalue weighted by Crippen LogP contribution is -2.30. The molecule has 4 rings (SSSR count). The lowest BCUT2D eigenvalue weighted by Gasteiger charge is -2.11. The molecule has 1 saturated carbocycles. The number of nitrogens with one attached hydrogen (secondary N) is 2. The Kier molecular flexibility index (Phi) is 8.21. The summed E-state index contributed by atoms with van der Waals surface area (Å²) in [5.41, 5.74) is 0.762. The second-order valence-corrected chi connectivity index (χ2v) is 10.1. The van der Waals surface area contributed by atoms with Crippen LogP contribution in [0.5, 0.6) is 0 Å². The number of nitrogens with zero attached hydrogens (tertiary/aromatic N) is 2. The van der Waals surface area contributed by atoms with E-state index in [1.54, 1.807) is 13.0 Å². The summed E-state index contributed by atoms with van der Waals surface area (Å²) in [5.74, 6) is -0.430. The smallest absolute Gasteiger partial charge is 0.436 e. The Bertz CT molecular complexity index is 1240. The van der Waals surface area contributed by atoms with Crippen molar-refractivity contribution in [2.24, 2.45) is 0 Å². The van der Waals surface area contributed by atoms with Crippen molar-refractivity contribution in [2.45, 2.75) is 44.8 Å². The Balaban J connectivity index is 1.38. The molecule has 2 aromatic heterocycles. The number of hydrogen-bond acceptors (Lipinski definition) is 5. The molecule has 1 aromatic carbocycles. The van der Waals surface area contributed by atoms with Gasteiger partial charge in [-0.2, -0.15) is 18.3 Å². The van der Waals surface area contributed by atoms with Gasteiger partial charge in [0.15, 0.2) is 10.8 Å². The third kappa shape index (κ3) is 6.19. The number of aromatic nitrogens is 2. The van der Waals surface area contributed by atoms with Crippen LogP contribution in [0.2, 0.25) is 5.02 Å². The minimum absolute atomic E-state index is 0.0238. The molecular formula is C24H24ClF3N4O2S2. The second kappa shape index (κ2) is 11.2. The fraction of sp³-hybridized carbons (Fsp3) is 0.375. The summed E-state index contributed by atoms with van der Waals surface area (Å²) in [5, 5.41) is 10.4. The first kappa shape index (κ1) is 26.4. The number of esters is 1.